The van der Waals surface area contributed by atoms with Crippen LogP contribution in [0.2, 0.25) is 0 Å². The highest BCUT2D eigenvalue weighted by molar-refractivity contribution is 5.87. The lowest BCUT2D eigenvalue weighted by atomic mass is 9.81. The average Bonchev–Trinajstić information content (AvgIpc) is 2.29. The average molecular weight is 244 g/mol. The molecule has 0 aromatic carbocycles. The van der Waals surface area contributed by atoms with Crippen molar-refractivity contribution in [3.63, 3.8) is 0 Å². The molecule has 6 nitrogen and oxygen atoms in total. The van der Waals surface area contributed by atoms with E-state index in [4.69, 9.17) is 10.2 Å². The van der Waals surface area contributed by atoms with Crippen molar-refractivity contribution in [1.29, 1.82) is 0 Å². The maximum Gasteiger partial charge on any atom is 0.326 e. The first kappa shape index (κ1) is 13.9. The van der Waals surface area contributed by atoms with E-state index in [1.165, 1.54) is 0 Å². The van der Waals surface area contributed by atoms with Gasteiger partial charge in [-0.15, -0.1) is 0 Å². The summed E-state index contributed by atoms with van der Waals surface area (Å²) in [6, 6.07) is -1.01. The fourth-order valence-electron chi connectivity index (χ4n) is 1.97. The molecule has 1 rings (SSSR count). The number of hydrogen-bond acceptors (Lipinski definition) is 4. The summed E-state index contributed by atoms with van der Waals surface area (Å²) in [6.45, 7) is 3.02. The molecule has 1 unspecified atom stereocenters. The molecular formula is C11H20N2O4. The number of aliphatic carboxylic acids is 1. The molecule has 17 heavy (non-hydrogen) atoms. The van der Waals surface area contributed by atoms with E-state index in [0.29, 0.717) is 6.54 Å². The summed E-state index contributed by atoms with van der Waals surface area (Å²) >= 11 is 0. The first-order chi connectivity index (χ1) is 7.99. The van der Waals surface area contributed by atoms with Crippen LogP contribution in [0.3, 0.4) is 0 Å². The molecule has 0 saturated carbocycles. The number of carbonyl (C=O) groups is 2. The number of carbonyl (C=O) groups excluding carboxylic acids is 1. The Balaban J connectivity index is 2.59. The molecule has 1 fully saturated rings. The molecule has 1 saturated heterocycles. The maximum atomic E-state index is 12.0. The SMILES string of the molecule is CC1(C(=O)N[C@H](CCO)C(=O)O)CCCNC1. The summed E-state index contributed by atoms with van der Waals surface area (Å²) in [5, 5.41) is 23.3. The van der Waals surface area contributed by atoms with Gasteiger partial charge in [0, 0.05) is 19.6 Å². The lowest BCUT2D eigenvalue weighted by molar-refractivity contribution is -0.144. The monoisotopic (exact) mass is 244 g/mol. The van der Waals surface area contributed by atoms with E-state index in [0.717, 1.165) is 19.4 Å². The number of carboxylic acid groups (broad SMARTS) is 1. The predicted octanol–water partition coefficient (Wildman–Crippen LogP) is -0.672. The minimum Gasteiger partial charge on any atom is -0.480 e. The van der Waals surface area contributed by atoms with Gasteiger partial charge in [-0.3, -0.25) is 4.79 Å². The molecule has 1 aliphatic rings. The fraction of sp³-hybridized carbons (Fsp3) is 0.818. The van der Waals surface area contributed by atoms with Gasteiger partial charge in [0.1, 0.15) is 6.04 Å². The number of carboxylic acids is 1. The van der Waals surface area contributed by atoms with Gasteiger partial charge in [0.2, 0.25) is 5.91 Å². The lowest BCUT2D eigenvalue weighted by Gasteiger charge is -2.33. The smallest absolute Gasteiger partial charge is 0.326 e. The molecule has 0 aliphatic carbocycles. The van der Waals surface area contributed by atoms with Gasteiger partial charge in [-0.05, 0) is 26.3 Å². The minimum absolute atomic E-state index is 0.0323. The summed E-state index contributed by atoms with van der Waals surface area (Å²) in [4.78, 5) is 22.9. The van der Waals surface area contributed by atoms with Gasteiger partial charge in [0.15, 0.2) is 0 Å². The van der Waals surface area contributed by atoms with Crippen molar-refractivity contribution in [3.05, 3.63) is 0 Å². The van der Waals surface area contributed by atoms with Crippen LogP contribution in [0.5, 0.6) is 0 Å². The standard InChI is InChI=1S/C11H20N2O4/c1-11(4-2-5-12-7-11)10(17)13-8(3-6-14)9(15)16/h8,12,14H,2-7H2,1H3,(H,13,17)(H,15,16)/t8-,11?/m1/s1. The summed E-state index contributed by atoms with van der Waals surface area (Å²) in [7, 11) is 0. The van der Waals surface area contributed by atoms with Gasteiger partial charge in [0.05, 0.1) is 5.41 Å². The minimum atomic E-state index is -1.11. The zero-order valence-electron chi connectivity index (χ0n) is 10.0. The van der Waals surface area contributed by atoms with Crippen LogP contribution < -0.4 is 10.6 Å². The van der Waals surface area contributed by atoms with Crippen molar-refractivity contribution in [1.82, 2.24) is 10.6 Å². The van der Waals surface area contributed by atoms with Gasteiger partial charge in [-0.25, -0.2) is 4.79 Å². The highest BCUT2D eigenvalue weighted by atomic mass is 16.4. The third kappa shape index (κ3) is 3.67. The number of nitrogens with one attached hydrogen (secondary N) is 2. The van der Waals surface area contributed by atoms with Crippen LogP contribution in [0.15, 0.2) is 0 Å². The molecular weight excluding hydrogens is 224 g/mol. The van der Waals surface area contributed by atoms with Crippen LogP contribution in [0.25, 0.3) is 0 Å². The van der Waals surface area contributed by atoms with Crippen LogP contribution in [0, 0.1) is 5.41 Å². The zero-order chi connectivity index (χ0) is 12.9. The second kappa shape index (κ2) is 5.97. The summed E-state index contributed by atoms with van der Waals surface area (Å²) in [5.41, 5.74) is -0.554. The van der Waals surface area contributed by atoms with Crippen LogP contribution in [0.4, 0.5) is 0 Å². The van der Waals surface area contributed by atoms with E-state index in [2.05, 4.69) is 10.6 Å². The number of aliphatic hydroxyl groups is 1. The first-order valence-corrected chi connectivity index (χ1v) is 5.85. The molecule has 0 aromatic rings. The number of aliphatic hydroxyl groups excluding tert-OH is 1. The Morgan fingerprint density at radius 2 is 2.24 bits per heavy atom. The van der Waals surface area contributed by atoms with E-state index in [-0.39, 0.29) is 18.9 Å². The van der Waals surface area contributed by atoms with E-state index in [1.807, 2.05) is 6.92 Å². The number of piperidine rings is 1. The normalized spacial score (nSPS) is 26.2. The number of hydrogen-bond donors (Lipinski definition) is 4. The van der Waals surface area contributed by atoms with E-state index in [9.17, 15) is 9.59 Å². The number of amides is 1. The maximum absolute atomic E-state index is 12.0. The zero-order valence-corrected chi connectivity index (χ0v) is 10.0. The quantitative estimate of drug-likeness (QED) is 0.514. The predicted molar refractivity (Wildman–Crippen MR) is 61.5 cm³/mol. The van der Waals surface area contributed by atoms with Gasteiger partial charge in [0.25, 0.3) is 0 Å². The Morgan fingerprint density at radius 3 is 2.71 bits per heavy atom. The molecule has 2 atom stereocenters. The van der Waals surface area contributed by atoms with E-state index >= 15 is 0 Å². The second-order valence-electron chi connectivity index (χ2n) is 4.72. The van der Waals surface area contributed by atoms with Gasteiger partial charge < -0.3 is 20.8 Å². The molecule has 0 bridgehead atoms. The van der Waals surface area contributed by atoms with Crippen molar-refractivity contribution >= 4 is 11.9 Å². The van der Waals surface area contributed by atoms with Crippen molar-refractivity contribution in [2.24, 2.45) is 5.41 Å². The lowest BCUT2D eigenvalue weighted by Crippen LogP contribution is -2.53. The second-order valence-corrected chi connectivity index (χ2v) is 4.72. The molecule has 1 heterocycles. The van der Waals surface area contributed by atoms with Crippen LogP contribution >= 0.6 is 0 Å². The summed E-state index contributed by atoms with van der Waals surface area (Å²) < 4.78 is 0. The van der Waals surface area contributed by atoms with Crippen LogP contribution in [0.1, 0.15) is 26.2 Å². The fourth-order valence-corrected chi connectivity index (χ4v) is 1.97. The molecule has 0 aromatic heterocycles. The molecule has 6 heteroatoms. The van der Waals surface area contributed by atoms with Crippen molar-refractivity contribution in [2.45, 2.75) is 32.2 Å². The topological polar surface area (TPSA) is 98.7 Å². The molecule has 4 N–H and O–H groups in total. The molecule has 1 aliphatic heterocycles. The molecule has 98 valence electrons. The van der Waals surface area contributed by atoms with Crippen molar-refractivity contribution < 1.29 is 19.8 Å². The Labute approximate surface area is 100 Å². The molecule has 1 amide bonds. The van der Waals surface area contributed by atoms with Crippen LogP contribution in [-0.2, 0) is 9.59 Å². The van der Waals surface area contributed by atoms with E-state index in [1.54, 1.807) is 0 Å². The largest absolute Gasteiger partial charge is 0.480 e. The Hall–Kier alpha value is -1.14. The third-order valence-electron chi connectivity index (χ3n) is 3.17. The van der Waals surface area contributed by atoms with Gasteiger partial charge in [-0.2, -0.15) is 0 Å². The summed E-state index contributed by atoms with van der Waals surface area (Å²) in [6.07, 6.45) is 1.68. The first-order valence-electron chi connectivity index (χ1n) is 5.85. The number of rotatable bonds is 5. The van der Waals surface area contributed by atoms with E-state index < -0.39 is 17.4 Å². The Kier molecular flexibility index (Phi) is 4.89. The molecule has 0 spiro atoms. The van der Waals surface area contributed by atoms with Crippen molar-refractivity contribution in [3.8, 4) is 0 Å². The van der Waals surface area contributed by atoms with Gasteiger partial charge >= 0.3 is 5.97 Å². The highest BCUT2D eigenvalue weighted by Gasteiger charge is 2.36. The van der Waals surface area contributed by atoms with Crippen LogP contribution in [-0.4, -0.2) is 47.8 Å². The highest BCUT2D eigenvalue weighted by Crippen LogP contribution is 2.25. The van der Waals surface area contributed by atoms with Gasteiger partial charge in [-0.1, -0.05) is 0 Å². The van der Waals surface area contributed by atoms with Crippen molar-refractivity contribution in [2.75, 3.05) is 19.7 Å². The molecule has 0 radical (unpaired) electrons. The Morgan fingerprint density at radius 1 is 1.53 bits per heavy atom. The third-order valence-corrected chi connectivity index (χ3v) is 3.17. The Bertz CT molecular complexity index is 287. The summed E-state index contributed by atoms with van der Waals surface area (Å²) in [5.74, 6) is -1.37.